The Morgan fingerprint density at radius 2 is 1.79 bits per heavy atom. The average Bonchev–Trinajstić information content (AvgIpc) is 3.29. The minimum Gasteiger partial charge on any atom is -0.494 e. The van der Waals surface area contributed by atoms with Gasteiger partial charge in [-0.3, -0.25) is 4.79 Å². The van der Waals surface area contributed by atoms with E-state index in [1.807, 2.05) is 78.3 Å². The molecule has 2 N–H and O–H groups in total. The Kier molecular flexibility index (Phi) is 6.42. The normalized spacial score (nSPS) is 16.9. The molecule has 3 aromatic carbocycles. The number of anilines is 1. The quantitative estimate of drug-likeness (QED) is 0.376. The predicted molar refractivity (Wildman–Crippen MR) is 135 cm³/mol. The highest BCUT2D eigenvalue weighted by Gasteiger charge is 2.38. The van der Waals surface area contributed by atoms with Crippen LogP contribution >= 0.6 is 23.4 Å². The molecule has 1 aromatic heterocycles. The van der Waals surface area contributed by atoms with Gasteiger partial charge in [-0.15, -0.1) is 10.2 Å². The Morgan fingerprint density at radius 1 is 1.06 bits per heavy atom. The summed E-state index contributed by atoms with van der Waals surface area (Å²) in [6.07, 6.45) is 0. The van der Waals surface area contributed by atoms with Crippen molar-refractivity contribution in [2.75, 3.05) is 17.3 Å². The topological polar surface area (TPSA) is 81.1 Å². The maximum absolute atomic E-state index is 13.4. The molecule has 1 amide bonds. The largest absolute Gasteiger partial charge is 0.494 e. The number of benzene rings is 3. The standard InChI is InChI=1S/C25H22ClN5O2S/c1-2-33-18-14-12-16(13-15-18)21-22(24(32)27-20-11-7-6-10-19(20)26)34-25-29-28-23(31(25)30-21)17-8-4-3-5-9-17/h3-15,21-22,30H,2H2,1H3,(H,27,32)/t21-,22-/m1/s1. The Hall–Kier alpha value is -3.49. The van der Waals surface area contributed by atoms with Crippen LogP contribution in [0.1, 0.15) is 18.5 Å². The predicted octanol–water partition coefficient (Wildman–Crippen LogP) is 5.40. The highest BCUT2D eigenvalue weighted by molar-refractivity contribution is 8.00. The van der Waals surface area contributed by atoms with E-state index in [2.05, 4.69) is 20.9 Å². The number of halogens is 1. The first-order valence-corrected chi connectivity index (χ1v) is 12.1. The molecule has 0 saturated carbocycles. The molecular weight excluding hydrogens is 470 g/mol. The first-order valence-electron chi connectivity index (χ1n) is 10.9. The van der Waals surface area contributed by atoms with Crippen molar-refractivity contribution >= 4 is 35.0 Å². The lowest BCUT2D eigenvalue weighted by atomic mass is 10.0. The summed E-state index contributed by atoms with van der Waals surface area (Å²) in [4.78, 5) is 13.4. The van der Waals surface area contributed by atoms with Crippen LogP contribution in [0.2, 0.25) is 5.02 Å². The van der Waals surface area contributed by atoms with Gasteiger partial charge < -0.3 is 15.5 Å². The van der Waals surface area contributed by atoms with Gasteiger partial charge in [0, 0.05) is 5.56 Å². The number of thioether (sulfide) groups is 1. The molecule has 0 radical (unpaired) electrons. The van der Waals surface area contributed by atoms with Crippen LogP contribution in [0.25, 0.3) is 11.4 Å². The third-order valence-corrected chi connectivity index (χ3v) is 6.95. The molecule has 1 aliphatic heterocycles. The summed E-state index contributed by atoms with van der Waals surface area (Å²) in [5.74, 6) is 1.28. The zero-order chi connectivity index (χ0) is 23.5. The molecule has 2 heterocycles. The third kappa shape index (κ3) is 4.47. The highest BCUT2D eigenvalue weighted by atomic mass is 35.5. The van der Waals surface area contributed by atoms with Crippen LogP contribution in [-0.2, 0) is 4.79 Å². The van der Waals surface area contributed by atoms with Gasteiger partial charge in [-0.05, 0) is 36.8 Å². The molecule has 0 unspecified atom stereocenters. The Labute approximate surface area is 206 Å². The molecule has 0 aliphatic carbocycles. The minimum absolute atomic E-state index is 0.181. The fraction of sp³-hybridized carbons (Fsp3) is 0.160. The van der Waals surface area contributed by atoms with Gasteiger partial charge in [0.1, 0.15) is 11.0 Å². The van der Waals surface area contributed by atoms with Crippen molar-refractivity contribution in [2.45, 2.75) is 23.4 Å². The molecular formula is C25H22ClN5O2S. The monoisotopic (exact) mass is 491 g/mol. The van der Waals surface area contributed by atoms with Crippen molar-refractivity contribution < 1.29 is 9.53 Å². The number of rotatable bonds is 6. The lowest BCUT2D eigenvalue weighted by Crippen LogP contribution is -2.41. The second-order valence-electron chi connectivity index (χ2n) is 7.62. The van der Waals surface area contributed by atoms with Gasteiger partial charge in [-0.1, -0.05) is 78.0 Å². The van der Waals surface area contributed by atoms with E-state index in [0.717, 1.165) is 16.9 Å². The van der Waals surface area contributed by atoms with Gasteiger partial charge in [0.15, 0.2) is 5.82 Å². The molecule has 5 rings (SSSR count). The number of hydrogen-bond donors (Lipinski definition) is 2. The first-order chi connectivity index (χ1) is 16.6. The van der Waals surface area contributed by atoms with Crippen LogP contribution in [-0.4, -0.2) is 32.6 Å². The van der Waals surface area contributed by atoms with E-state index in [9.17, 15) is 4.79 Å². The fourth-order valence-electron chi connectivity index (χ4n) is 3.78. The van der Waals surface area contributed by atoms with E-state index in [0.29, 0.717) is 28.3 Å². The van der Waals surface area contributed by atoms with E-state index in [1.165, 1.54) is 11.8 Å². The number of aromatic nitrogens is 3. The number of carbonyl (C=O) groups is 1. The zero-order valence-electron chi connectivity index (χ0n) is 18.3. The van der Waals surface area contributed by atoms with E-state index in [-0.39, 0.29) is 11.9 Å². The molecule has 0 fully saturated rings. The van der Waals surface area contributed by atoms with Crippen molar-refractivity contribution in [2.24, 2.45) is 0 Å². The minimum atomic E-state index is -0.519. The maximum atomic E-state index is 13.4. The van der Waals surface area contributed by atoms with Crippen LogP contribution in [0.5, 0.6) is 5.75 Å². The Balaban J connectivity index is 1.51. The number of nitrogens with one attached hydrogen (secondary N) is 2. The smallest absolute Gasteiger partial charge is 0.240 e. The van der Waals surface area contributed by atoms with Crippen LogP contribution in [0.3, 0.4) is 0 Å². The number of carbonyl (C=O) groups excluding carboxylic acids is 1. The van der Waals surface area contributed by atoms with Gasteiger partial charge in [0.05, 0.1) is 23.4 Å². The first kappa shape index (κ1) is 22.3. The maximum Gasteiger partial charge on any atom is 0.240 e. The summed E-state index contributed by atoms with van der Waals surface area (Å²) in [5.41, 5.74) is 5.91. The van der Waals surface area contributed by atoms with Crippen LogP contribution in [0, 0.1) is 0 Å². The Bertz CT molecular complexity index is 1300. The molecule has 0 saturated heterocycles. The molecule has 1 aliphatic rings. The summed E-state index contributed by atoms with van der Waals surface area (Å²) in [6, 6.07) is 24.4. The number of amides is 1. The van der Waals surface area contributed by atoms with Gasteiger partial charge in [0.25, 0.3) is 0 Å². The lowest BCUT2D eigenvalue weighted by molar-refractivity contribution is -0.116. The molecule has 0 spiro atoms. The molecule has 0 bridgehead atoms. The third-order valence-electron chi connectivity index (χ3n) is 5.41. The van der Waals surface area contributed by atoms with Crippen LogP contribution < -0.4 is 15.5 Å². The SMILES string of the molecule is CCOc1ccc([C@H]2Nn3c(nnc3-c3ccccc3)S[C@H]2C(=O)Nc2ccccc2Cl)cc1. The number of fused-ring (bicyclic) bond motifs is 1. The molecule has 7 nitrogen and oxygen atoms in total. The molecule has 9 heteroatoms. The number of ether oxygens (including phenoxy) is 1. The number of para-hydroxylation sites is 1. The second-order valence-corrected chi connectivity index (χ2v) is 9.14. The zero-order valence-corrected chi connectivity index (χ0v) is 19.9. The summed E-state index contributed by atoms with van der Waals surface area (Å²) >= 11 is 7.65. The van der Waals surface area contributed by atoms with E-state index in [1.54, 1.807) is 12.1 Å². The molecule has 2 atom stereocenters. The van der Waals surface area contributed by atoms with Gasteiger partial charge in [0.2, 0.25) is 11.1 Å². The highest BCUT2D eigenvalue weighted by Crippen LogP contribution is 2.39. The summed E-state index contributed by atoms with van der Waals surface area (Å²) in [6.45, 7) is 2.53. The molecule has 172 valence electrons. The lowest BCUT2D eigenvalue weighted by Gasteiger charge is -2.33. The number of nitrogens with zero attached hydrogens (tertiary/aromatic N) is 3. The van der Waals surface area contributed by atoms with E-state index in [4.69, 9.17) is 16.3 Å². The van der Waals surface area contributed by atoms with Crippen LogP contribution in [0.4, 0.5) is 5.69 Å². The van der Waals surface area contributed by atoms with Gasteiger partial charge in [-0.2, -0.15) is 0 Å². The van der Waals surface area contributed by atoms with Crippen molar-refractivity contribution in [3.8, 4) is 17.1 Å². The number of hydrogen-bond acceptors (Lipinski definition) is 6. The van der Waals surface area contributed by atoms with Crippen molar-refractivity contribution in [1.29, 1.82) is 0 Å². The Morgan fingerprint density at radius 3 is 2.53 bits per heavy atom. The summed E-state index contributed by atoms with van der Waals surface area (Å²) in [7, 11) is 0. The summed E-state index contributed by atoms with van der Waals surface area (Å²) in [5, 5.41) is 12.3. The van der Waals surface area contributed by atoms with Crippen molar-refractivity contribution in [3.05, 3.63) is 89.4 Å². The van der Waals surface area contributed by atoms with Crippen molar-refractivity contribution in [1.82, 2.24) is 14.9 Å². The van der Waals surface area contributed by atoms with E-state index >= 15 is 0 Å². The molecule has 34 heavy (non-hydrogen) atoms. The average molecular weight is 492 g/mol. The van der Waals surface area contributed by atoms with Crippen LogP contribution in [0.15, 0.2) is 84.0 Å². The van der Waals surface area contributed by atoms with Crippen molar-refractivity contribution in [3.63, 3.8) is 0 Å². The fourth-order valence-corrected chi connectivity index (χ4v) is 5.05. The van der Waals surface area contributed by atoms with Gasteiger partial charge >= 0.3 is 0 Å². The molecule has 4 aromatic rings. The second kappa shape index (κ2) is 9.79. The van der Waals surface area contributed by atoms with E-state index < -0.39 is 5.25 Å². The van der Waals surface area contributed by atoms with Gasteiger partial charge in [-0.25, -0.2) is 4.68 Å². The summed E-state index contributed by atoms with van der Waals surface area (Å²) < 4.78 is 7.44.